The van der Waals surface area contributed by atoms with E-state index in [2.05, 4.69) is 22.0 Å². The molecule has 152 valence electrons. The van der Waals surface area contributed by atoms with Crippen molar-refractivity contribution in [3.8, 4) is 17.2 Å². The van der Waals surface area contributed by atoms with E-state index in [1.807, 2.05) is 36.1 Å². The van der Waals surface area contributed by atoms with Crippen molar-refractivity contribution in [2.45, 2.75) is 46.1 Å². The first-order chi connectivity index (χ1) is 13.7. The van der Waals surface area contributed by atoms with Gasteiger partial charge in [-0.15, -0.1) is 10.2 Å². The van der Waals surface area contributed by atoms with Gasteiger partial charge in [-0.25, -0.2) is 0 Å². The fraction of sp³-hybridized carbons (Fsp3) is 0.571. The topological polar surface area (TPSA) is 71.7 Å². The second-order valence-corrected chi connectivity index (χ2v) is 7.09. The summed E-state index contributed by atoms with van der Waals surface area (Å²) in [6, 6.07) is 7.75. The third-order valence-corrected chi connectivity index (χ3v) is 4.94. The number of aromatic nitrogens is 2. The minimum Gasteiger partial charge on any atom is -0.494 e. The molecule has 0 N–H and O–H groups in total. The minimum atomic E-state index is 0.226. The van der Waals surface area contributed by atoms with Crippen LogP contribution in [0.4, 0.5) is 0 Å². The van der Waals surface area contributed by atoms with Crippen molar-refractivity contribution in [1.82, 2.24) is 20.0 Å². The molecular weight excluding hydrogens is 356 g/mol. The first kappa shape index (κ1) is 20.3. The molecule has 3 rings (SSSR count). The van der Waals surface area contributed by atoms with Gasteiger partial charge in [0.05, 0.1) is 13.2 Å². The highest BCUT2D eigenvalue weighted by atomic mass is 16.5. The zero-order valence-electron chi connectivity index (χ0n) is 16.9. The smallest absolute Gasteiger partial charge is 0.247 e. The number of carbonyl (C=O) groups excluding carboxylic acids is 1. The van der Waals surface area contributed by atoms with Crippen LogP contribution in [0.5, 0.6) is 5.75 Å². The summed E-state index contributed by atoms with van der Waals surface area (Å²) >= 11 is 0. The average Bonchev–Trinajstić information content (AvgIpc) is 3.06. The second-order valence-electron chi connectivity index (χ2n) is 7.09. The van der Waals surface area contributed by atoms with Crippen LogP contribution in [0.15, 0.2) is 28.7 Å². The summed E-state index contributed by atoms with van der Waals surface area (Å²) in [5.41, 5.74) is 0.886. The zero-order valence-corrected chi connectivity index (χ0v) is 16.9. The average molecular weight is 386 g/mol. The Morgan fingerprint density at radius 3 is 2.68 bits per heavy atom. The van der Waals surface area contributed by atoms with E-state index in [4.69, 9.17) is 9.15 Å². The van der Waals surface area contributed by atoms with Crippen molar-refractivity contribution in [1.29, 1.82) is 0 Å². The summed E-state index contributed by atoms with van der Waals surface area (Å²) in [4.78, 5) is 16.1. The van der Waals surface area contributed by atoms with Crippen molar-refractivity contribution in [3.63, 3.8) is 0 Å². The molecule has 1 amide bonds. The normalized spacial score (nSPS) is 15.4. The molecule has 1 fully saturated rings. The number of nitrogens with zero attached hydrogens (tertiary/aromatic N) is 4. The Balaban J connectivity index is 1.54. The zero-order chi connectivity index (χ0) is 19.8. The summed E-state index contributed by atoms with van der Waals surface area (Å²) in [7, 11) is 0. The van der Waals surface area contributed by atoms with E-state index in [1.54, 1.807) is 0 Å². The molecule has 0 saturated carbocycles. The molecule has 0 radical (unpaired) electrons. The van der Waals surface area contributed by atoms with Gasteiger partial charge in [-0.1, -0.05) is 20.3 Å². The first-order valence-electron chi connectivity index (χ1n) is 10.2. The van der Waals surface area contributed by atoms with Crippen molar-refractivity contribution in [2.75, 3.05) is 32.8 Å². The lowest BCUT2D eigenvalue weighted by Gasteiger charge is -2.20. The van der Waals surface area contributed by atoms with E-state index in [9.17, 15) is 4.79 Å². The molecule has 0 atom stereocenters. The highest BCUT2D eigenvalue weighted by molar-refractivity contribution is 5.75. The van der Waals surface area contributed by atoms with Crippen LogP contribution in [-0.4, -0.2) is 58.7 Å². The lowest BCUT2D eigenvalue weighted by atomic mass is 10.2. The maximum absolute atomic E-state index is 11.9. The monoisotopic (exact) mass is 386 g/mol. The summed E-state index contributed by atoms with van der Waals surface area (Å²) in [6.45, 7) is 8.73. The van der Waals surface area contributed by atoms with E-state index in [1.165, 1.54) is 0 Å². The minimum absolute atomic E-state index is 0.226. The van der Waals surface area contributed by atoms with Crippen LogP contribution in [0.25, 0.3) is 11.5 Å². The molecule has 7 heteroatoms. The maximum Gasteiger partial charge on any atom is 0.247 e. The van der Waals surface area contributed by atoms with Crippen LogP contribution in [0.2, 0.25) is 0 Å². The summed E-state index contributed by atoms with van der Waals surface area (Å²) in [5.74, 6) is 2.21. The van der Waals surface area contributed by atoms with E-state index in [-0.39, 0.29) is 5.91 Å². The highest BCUT2D eigenvalue weighted by Gasteiger charge is 2.19. The lowest BCUT2D eigenvalue weighted by Crippen LogP contribution is -2.34. The van der Waals surface area contributed by atoms with Crippen molar-refractivity contribution in [2.24, 2.45) is 0 Å². The predicted molar refractivity (Wildman–Crippen MR) is 107 cm³/mol. The molecule has 0 unspecified atom stereocenters. The maximum atomic E-state index is 11.9. The van der Waals surface area contributed by atoms with Crippen LogP contribution in [0.3, 0.4) is 0 Å². The summed E-state index contributed by atoms with van der Waals surface area (Å²) in [6.07, 6.45) is 3.70. The van der Waals surface area contributed by atoms with Gasteiger partial charge in [0.1, 0.15) is 5.75 Å². The largest absolute Gasteiger partial charge is 0.494 e. The molecule has 1 aliphatic rings. The Morgan fingerprint density at radius 1 is 1.11 bits per heavy atom. The molecule has 1 aromatic carbocycles. The van der Waals surface area contributed by atoms with Crippen LogP contribution in [0.1, 0.15) is 45.4 Å². The van der Waals surface area contributed by atoms with Gasteiger partial charge in [0.2, 0.25) is 17.7 Å². The van der Waals surface area contributed by atoms with Gasteiger partial charge >= 0.3 is 0 Å². The first-order valence-corrected chi connectivity index (χ1v) is 10.2. The Kier molecular flexibility index (Phi) is 7.42. The van der Waals surface area contributed by atoms with E-state index in [0.29, 0.717) is 24.7 Å². The number of ether oxygens (including phenoxy) is 1. The molecule has 2 heterocycles. The second kappa shape index (κ2) is 10.2. The Morgan fingerprint density at radius 2 is 1.93 bits per heavy atom. The van der Waals surface area contributed by atoms with Crippen LogP contribution in [0, 0.1) is 0 Å². The predicted octanol–water partition coefficient (Wildman–Crippen LogP) is 3.36. The molecule has 1 saturated heterocycles. The van der Waals surface area contributed by atoms with E-state index < -0.39 is 0 Å². The number of benzene rings is 1. The number of unbranched alkanes of at least 4 members (excludes halogenated alkanes) is 1. The van der Waals surface area contributed by atoms with Gasteiger partial charge < -0.3 is 14.1 Å². The number of rotatable bonds is 8. The van der Waals surface area contributed by atoms with Crippen LogP contribution in [-0.2, 0) is 11.3 Å². The van der Waals surface area contributed by atoms with Gasteiger partial charge in [0.25, 0.3) is 0 Å². The third-order valence-electron chi connectivity index (χ3n) is 4.94. The summed E-state index contributed by atoms with van der Waals surface area (Å²) < 4.78 is 11.5. The fourth-order valence-electron chi connectivity index (χ4n) is 3.26. The van der Waals surface area contributed by atoms with Crippen molar-refractivity contribution < 1.29 is 13.9 Å². The van der Waals surface area contributed by atoms with Crippen molar-refractivity contribution >= 4 is 5.91 Å². The van der Waals surface area contributed by atoms with Crippen molar-refractivity contribution in [3.05, 3.63) is 30.2 Å². The van der Waals surface area contributed by atoms with Gasteiger partial charge in [-0.2, -0.15) is 0 Å². The van der Waals surface area contributed by atoms with Gasteiger partial charge in [0, 0.05) is 38.2 Å². The molecule has 0 spiro atoms. The molecule has 1 aromatic heterocycles. The lowest BCUT2D eigenvalue weighted by molar-refractivity contribution is -0.130. The van der Waals surface area contributed by atoms with Gasteiger partial charge in [-0.05, 0) is 37.1 Å². The molecule has 28 heavy (non-hydrogen) atoms. The molecular formula is C21H30N4O3. The Hall–Kier alpha value is -2.41. The van der Waals surface area contributed by atoms with Crippen LogP contribution < -0.4 is 4.74 Å². The number of hydrogen-bond acceptors (Lipinski definition) is 6. The molecule has 0 aliphatic carbocycles. The van der Waals surface area contributed by atoms with E-state index in [0.717, 1.165) is 63.4 Å². The molecule has 1 aliphatic heterocycles. The molecule has 2 aromatic rings. The SMILES string of the molecule is CCCCOc1ccc(-c2nnc(CN3CCCN(C(=O)CC)CC3)o2)cc1. The highest BCUT2D eigenvalue weighted by Crippen LogP contribution is 2.22. The van der Waals surface area contributed by atoms with Gasteiger partial charge in [-0.3, -0.25) is 9.69 Å². The molecule has 7 nitrogen and oxygen atoms in total. The standard InChI is InChI=1S/C21H30N4O3/c1-3-5-15-27-18-9-7-17(8-10-18)21-23-22-19(28-21)16-24-11-6-12-25(14-13-24)20(26)4-2/h7-10H,3-6,11-16H2,1-2H3. The Labute approximate surface area is 166 Å². The fourth-order valence-corrected chi connectivity index (χ4v) is 3.26. The van der Waals surface area contributed by atoms with Crippen LogP contribution >= 0.6 is 0 Å². The third kappa shape index (κ3) is 5.55. The Bertz CT molecular complexity index is 744. The molecule has 0 bridgehead atoms. The summed E-state index contributed by atoms with van der Waals surface area (Å²) in [5, 5.41) is 8.39. The number of carbonyl (C=O) groups is 1. The quantitative estimate of drug-likeness (QED) is 0.648. The number of hydrogen-bond donors (Lipinski definition) is 0. The van der Waals surface area contributed by atoms with E-state index >= 15 is 0 Å². The number of amides is 1. The van der Waals surface area contributed by atoms with Gasteiger partial charge in [0.15, 0.2) is 0 Å².